The van der Waals surface area contributed by atoms with Crippen molar-refractivity contribution in [2.75, 3.05) is 13.7 Å². The molecule has 2 N–H and O–H groups in total. The van der Waals surface area contributed by atoms with Crippen LogP contribution >= 0.6 is 11.6 Å². The normalized spacial score (nSPS) is 12.3. The summed E-state index contributed by atoms with van der Waals surface area (Å²) in [6.07, 6.45) is 0. The van der Waals surface area contributed by atoms with Gasteiger partial charge in [0.1, 0.15) is 0 Å². The van der Waals surface area contributed by atoms with Crippen molar-refractivity contribution in [3.8, 4) is 0 Å². The number of hydrogen-bond acceptors (Lipinski definition) is 4. The molecule has 0 radical (unpaired) electrons. The van der Waals surface area contributed by atoms with Crippen LogP contribution in [0.5, 0.6) is 0 Å². The van der Waals surface area contributed by atoms with Gasteiger partial charge >= 0.3 is 0 Å². The Hall–Kier alpha value is -1.69. The third kappa shape index (κ3) is 3.45. The smallest absolute Gasteiger partial charge is 0.266 e. The quantitative estimate of drug-likeness (QED) is 0.909. The monoisotopic (exact) mass is 293 g/mol. The summed E-state index contributed by atoms with van der Waals surface area (Å²) < 4.78 is 6.31. The molecule has 0 aliphatic heterocycles. The van der Waals surface area contributed by atoms with Gasteiger partial charge in [-0.1, -0.05) is 23.7 Å². The van der Waals surface area contributed by atoms with Crippen LogP contribution in [-0.2, 0) is 11.3 Å². The summed E-state index contributed by atoms with van der Waals surface area (Å²) in [6, 6.07) is 9.95. The molecule has 6 heteroatoms. The Kier molecular flexibility index (Phi) is 4.89. The molecular formula is C14H16ClN3O2. The minimum atomic E-state index is -0.401. The minimum absolute atomic E-state index is 0.172. The molecule has 0 bridgehead atoms. The Bertz CT molecular complexity index is 625. The first kappa shape index (κ1) is 14.7. The molecule has 0 fully saturated rings. The second kappa shape index (κ2) is 6.65. The van der Waals surface area contributed by atoms with Crippen LogP contribution in [0.3, 0.4) is 0 Å². The molecule has 2 rings (SSSR count). The largest absolute Gasteiger partial charge is 0.383 e. The number of ether oxygens (including phenoxy) is 1. The highest BCUT2D eigenvalue weighted by Gasteiger charge is 2.12. The summed E-state index contributed by atoms with van der Waals surface area (Å²) >= 11 is 5.85. The molecule has 0 aliphatic carbocycles. The number of hydrogen-bond donors (Lipinski definition) is 1. The van der Waals surface area contributed by atoms with Crippen LogP contribution in [0.25, 0.3) is 0 Å². The van der Waals surface area contributed by atoms with E-state index in [1.54, 1.807) is 25.3 Å². The van der Waals surface area contributed by atoms with Crippen LogP contribution in [-0.4, -0.2) is 23.5 Å². The van der Waals surface area contributed by atoms with Crippen molar-refractivity contribution in [3.05, 3.63) is 63.0 Å². The number of nitrogens with zero attached hydrogens (tertiary/aromatic N) is 2. The Morgan fingerprint density at radius 1 is 1.30 bits per heavy atom. The summed E-state index contributed by atoms with van der Waals surface area (Å²) in [4.78, 5) is 11.7. The standard InChI is InChI=1S/C14H16ClN3O2/c1-20-9-8-18-13(19)7-6-12(17-18)14(16)10-2-4-11(15)5-3-10/h2-7,14H,8-9,16H2,1H3. The van der Waals surface area contributed by atoms with Crippen LogP contribution in [0.15, 0.2) is 41.2 Å². The number of aromatic nitrogens is 2. The van der Waals surface area contributed by atoms with Crippen molar-refractivity contribution in [1.29, 1.82) is 0 Å². The molecule has 0 saturated carbocycles. The highest BCUT2D eigenvalue weighted by Crippen LogP contribution is 2.19. The van der Waals surface area contributed by atoms with Crippen molar-refractivity contribution in [3.63, 3.8) is 0 Å². The van der Waals surface area contributed by atoms with Gasteiger partial charge in [0, 0.05) is 18.2 Å². The summed E-state index contributed by atoms with van der Waals surface area (Å²) in [7, 11) is 1.58. The fourth-order valence-corrected chi connectivity index (χ4v) is 1.94. The lowest BCUT2D eigenvalue weighted by atomic mass is 10.0. The number of methoxy groups -OCH3 is 1. The first-order valence-electron chi connectivity index (χ1n) is 6.20. The Morgan fingerprint density at radius 3 is 2.65 bits per heavy atom. The van der Waals surface area contributed by atoms with Crippen molar-refractivity contribution in [1.82, 2.24) is 9.78 Å². The van der Waals surface area contributed by atoms with E-state index in [4.69, 9.17) is 22.1 Å². The summed E-state index contributed by atoms with van der Waals surface area (Å²) in [6.45, 7) is 0.822. The van der Waals surface area contributed by atoms with Gasteiger partial charge in [-0.05, 0) is 23.8 Å². The predicted octanol–water partition coefficient (Wildman–Crippen LogP) is 1.59. The first-order chi connectivity index (χ1) is 9.61. The second-order valence-electron chi connectivity index (χ2n) is 4.34. The molecule has 0 aliphatic rings. The number of rotatable bonds is 5. The van der Waals surface area contributed by atoms with Crippen LogP contribution in [0.1, 0.15) is 17.3 Å². The maximum atomic E-state index is 11.7. The molecule has 1 aromatic carbocycles. The van der Waals surface area contributed by atoms with Gasteiger partial charge in [-0.25, -0.2) is 4.68 Å². The van der Waals surface area contributed by atoms with Gasteiger partial charge in [-0.15, -0.1) is 0 Å². The molecule has 20 heavy (non-hydrogen) atoms. The van der Waals surface area contributed by atoms with Gasteiger partial charge in [-0.3, -0.25) is 4.79 Å². The van der Waals surface area contributed by atoms with E-state index in [9.17, 15) is 4.79 Å². The zero-order chi connectivity index (χ0) is 14.5. The molecular weight excluding hydrogens is 278 g/mol. The Labute approximate surface area is 121 Å². The second-order valence-corrected chi connectivity index (χ2v) is 4.78. The molecule has 0 saturated heterocycles. The predicted molar refractivity (Wildman–Crippen MR) is 77.9 cm³/mol. The third-order valence-corrected chi connectivity index (χ3v) is 3.19. The van der Waals surface area contributed by atoms with Gasteiger partial charge in [-0.2, -0.15) is 5.10 Å². The van der Waals surface area contributed by atoms with E-state index in [2.05, 4.69) is 5.10 Å². The number of benzene rings is 1. The van der Waals surface area contributed by atoms with E-state index in [0.29, 0.717) is 23.9 Å². The van der Waals surface area contributed by atoms with E-state index in [1.807, 2.05) is 12.1 Å². The fourth-order valence-electron chi connectivity index (χ4n) is 1.81. The highest BCUT2D eigenvalue weighted by molar-refractivity contribution is 6.30. The van der Waals surface area contributed by atoms with Crippen molar-refractivity contribution < 1.29 is 4.74 Å². The third-order valence-electron chi connectivity index (χ3n) is 2.94. The van der Waals surface area contributed by atoms with Gasteiger partial charge in [0.15, 0.2) is 0 Å². The topological polar surface area (TPSA) is 70.1 Å². The number of halogens is 1. The molecule has 106 valence electrons. The number of nitrogens with two attached hydrogens (primary N) is 1. The maximum absolute atomic E-state index is 11.7. The molecule has 0 spiro atoms. The summed E-state index contributed by atoms with van der Waals surface area (Å²) in [5, 5.41) is 4.93. The van der Waals surface area contributed by atoms with Crippen LogP contribution in [0, 0.1) is 0 Å². The maximum Gasteiger partial charge on any atom is 0.266 e. The van der Waals surface area contributed by atoms with Gasteiger partial charge < -0.3 is 10.5 Å². The van der Waals surface area contributed by atoms with Gasteiger partial charge in [0.25, 0.3) is 5.56 Å². The molecule has 1 atom stereocenters. The Balaban J connectivity index is 2.27. The lowest BCUT2D eigenvalue weighted by Crippen LogP contribution is -2.27. The zero-order valence-electron chi connectivity index (χ0n) is 11.1. The van der Waals surface area contributed by atoms with Crippen LogP contribution < -0.4 is 11.3 Å². The molecule has 0 amide bonds. The highest BCUT2D eigenvalue weighted by atomic mass is 35.5. The summed E-state index contributed by atoms with van der Waals surface area (Å²) in [5.74, 6) is 0. The Morgan fingerprint density at radius 2 is 2.00 bits per heavy atom. The van der Waals surface area contributed by atoms with Crippen LogP contribution in [0.2, 0.25) is 5.02 Å². The van der Waals surface area contributed by atoms with E-state index in [-0.39, 0.29) is 5.56 Å². The van der Waals surface area contributed by atoms with Crippen molar-refractivity contribution in [2.24, 2.45) is 5.73 Å². The van der Waals surface area contributed by atoms with Crippen LogP contribution in [0.4, 0.5) is 0 Å². The van der Waals surface area contributed by atoms with E-state index >= 15 is 0 Å². The molecule has 1 aromatic heterocycles. The van der Waals surface area contributed by atoms with E-state index in [0.717, 1.165) is 5.56 Å². The SMILES string of the molecule is COCCn1nc(C(N)c2ccc(Cl)cc2)ccc1=O. The molecule has 1 heterocycles. The van der Waals surface area contributed by atoms with Crippen molar-refractivity contribution >= 4 is 11.6 Å². The van der Waals surface area contributed by atoms with E-state index in [1.165, 1.54) is 10.7 Å². The lowest BCUT2D eigenvalue weighted by Gasteiger charge is -2.13. The minimum Gasteiger partial charge on any atom is -0.383 e. The first-order valence-corrected chi connectivity index (χ1v) is 6.57. The van der Waals surface area contributed by atoms with Gasteiger partial charge in [0.05, 0.1) is 24.9 Å². The molecule has 1 unspecified atom stereocenters. The van der Waals surface area contributed by atoms with Crippen molar-refractivity contribution in [2.45, 2.75) is 12.6 Å². The lowest BCUT2D eigenvalue weighted by molar-refractivity contribution is 0.181. The fraction of sp³-hybridized carbons (Fsp3) is 0.286. The van der Waals surface area contributed by atoms with E-state index < -0.39 is 6.04 Å². The summed E-state index contributed by atoms with van der Waals surface area (Å²) in [5.41, 5.74) is 7.51. The average Bonchev–Trinajstić information content (AvgIpc) is 2.46. The van der Waals surface area contributed by atoms with Gasteiger partial charge in [0.2, 0.25) is 0 Å². The zero-order valence-corrected chi connectivity index (χ0v) is 11.9. The average molecular weight is 294 g/mol. The molecule has 5 nitrogen and oxygen atoms in total. The molecule has 2 aromatic rings.